The van der Waals surface area contributed by atoms with Crippen molar-refractivity contribution in [3.8, 4) is 5.75 Å². The smallest absolute Gasteiger partial charge is 0.490 e. The van der Waals surface area contributed by atoms with Crippen molar-refractivity contribution in [1.82, 2.24) is 13.8 Å². The molecule has 4 aromatic rings. The molecule has 1 aromatic heterocycles. The first-order chi connectivity index (χ1) is 20.7. The lowest BCUT2D eigenvalue weighted by Crippen LogP contribution is -2.45. The highest BCUT2D eigenvalue weighted by Crippen LogP contribution is 2.36. The summed E-state index contributed by atoms with van der Waals surface area (Å²) in [4.78, 5) is 26.6. The number of likely N-dealkylation sites (N-methyl/N-ethyl adjacent to an activating group) is 1. The number of nitrogens with zero attached hydrogens (tertiary/aromatic N) is 3. The molecule has 44 heavy (non-hydrogen) atoms. The second-order valence-corrected chi connectivity index (χ2v) is 12.4. The Bertz CT molecular complexity index is 1790. The van der Waals surface area contributed by atoms with E-state index in [1.165, 1.54) is 3.97 Å². The topological polar surface area (TPSA) is 109 Å². The molecule has 0 saturated carbocycles. The van der Waals surface area contributed by atoms with E-state index in [2.05, 4.69) is 11.9 Å². The average Bonchev–Trinajstić information content (AvgIpc) is 3.27. The van der Waals surface area contributed by atoms with E-state index in [9.17, 15) is 26.4 Å². The lowest BCUT2D eigenvalue weighted by molar-refractivity contribution is -0.192. The molecule has 1 N–H and O–H groups in total. The molecule has 3 aromatic carbocycles. The zero-order valence-electron chi connectivity index (χ0n) is 24.8. The fourth-order valence-electron chi connectivity index (χ4n) is 5.54. The number of carbonyl (C=O) groups is 2. The third-order valence-corrected chi connectivity index (χ3v) is 9.83. The van der Waals surface area contributed by atoms with Gasteiger partial charge in [-0.15, -0.1) is 0 Å². The van der Waals surface area contributed by atoms with Gasteiger partial charge in [-0.25, -0.2) is 17.2 Å². The molecule has 1 fully saturated rings. The lowest BCUT2D eigenvalue weighted by atomic mass is 10.0. The molecule has 5 rings (SSSR count). The molecule has 0 radical (unpaired) electrons. The van der Waals surface area contributed by atoms with Gasteiger partial charge in [0.25, 0.3) is 10.0 Å². The number of halogens is 3. The van der Waals surface area contributed by atoms with Gasteiger partial charge in [0, 0.05) is 34.9 Å². The number of aliphatic carboxylic acids is 1. The number of para-hydroxylation sites is 1. The van der Waals surface area contributed by atoms with Crippen molar-refractivity contribution >= 4 is 43.6 Å². The Hall–Kier alpha value is -4.10. The van der Waals surface area contributed by atoms with Crippen LogP contribution in [0.5, 0.6) is 5.75 Å². The number of aromatic nitrogens is 1. The van der Waals surface area contributed by atoms with Crippen LogP contribution in [0.4, 0.5) is 13.2 Å². The predicted molar refractivity (Wildman–Crippen MR) is 160 cm³/mol. The largest absolute Gasteiger partial charge is 0.496 e. The molecule has 13 heteroatoms. The van der Waals surface area contributed by atoms with Crippen molar-refractivity contribution in [1.29, 1.82) is 0 Å². The molecule has 1 aliphatic rings. The SMILES string of the molecule is COc1ccc(S(=O)(=O)n2c(C)c(CC(=O)N(C)C3CCN(C)CC3)c3ccccc32)c2ccccc12.O=C(O)C(F)(F)F. The van der Waals surface area contributed by atoms with Crippen LogP contribution in [-0.4, -0.2) is 85.7 Å². The maximum absolute atomic E-state index is 14.2. The number of piperidine rings is 1. The third-order valence-electron chi connectivity index (χ3n) is 7.97. The third kappa shape index (κ3) is 6.53. The van der Waals surface area contributed by atoms with Crippen molar-refractivity contribution in [2.24, 2.45) is 0 Å². The molecule has 0 atom stereocenters. The lowest BCUT2D eigenvalue weighted by Gasteiger charge is -2.35. The number of amides is 1. The summed E-state index contributed by atoms with van der Waals surface area (Å²) in [6.45, 7) is 3.73. The number of carboxylic acids is 1. The quantitative estimate of drug-likeness (QED) is 0.316. The number of carboxylic acid groups (broad SMARTS) is 1. The van der Waals surface area contributed by atoms with E-state index in [4.69, 9.17) is 14.6 Å². The van der Waals surface area contributed by atoms with Crippen LogP contribution in [0.3, 0.4) is 0 Å². The van der Waals surface area contributed by atoms with E-state index >= 15 is 0 Å². The molecule has 0 spiro atoms. The first-order valence-corrected chi connectivity index (χ1v) is 15.3. The molecule has 236 valence electrons. The summed E-state index contributed by atoms with van der Waals surface area (Å²) >= 11 is 0. The van der Waals surface area contributed by atoms with Crippen LogP contribution >= 0.6 is 0 Å². The van der Waals surface area contributed by atoms with Gasteiger partial charge in [-0.05, 0) is 63.7 Å². The zero-order valence-corrected chi connectivity index (χ0v) is 25.6. The molecule has 1 saturated heterocycles. The van der Waals surface area contributed by atoms with Crippen molar-refractivity contribution in [3.05, 3.63) is 71.9 Å². The van der Waals surface area contributed by atoms with Crippen LogP contribution in [0.2, 0.25) is 0 Å². The van der Waals surface area contributed by atoms with Crippen molar-refractivity contribution in [2.75, 3.05) is 34.3 Å². The minimum Gasteiger partial charge on any atom is -0.496 e. The standard InChI is InChI=1S/C29H33N3O4S.C2HF3O2/c1-20-25(19-29(33)31(3)21-15-17-30(2)18-16-21)22-9-7-8-12-26(22)32(20)37(34,35)28-14-13-27(36-4)23-10-5-6-11-24(23)28;3-2(4,5)1(6)7/h5-14,21H,15-19H2,1-4H3;(H,6,7). The number of alkyl halides is 3. The van der Waals surface area contributed by atoms with Crippen molar-refractivity contribution in [2.45, 2.75) is 43.3 Å². The number of benzene rings is 3. The van der Waals surface area contributed by atoms with Crippen LogP contribution in [0.1, 0.15) is 24.1 Å². The van der Waals surface area contributed by atoms with Gasteiger partial charge < -0.3 is 19.6 Å². The molecule has 0 unspecified atom stereocenters. The molecule has 1 aliphatic heterocycles. The Kier molecular flexibility index (Phi) is 9.59. The van der Waals surface area contributed by atoms with E-state index in [1.54, 1.807) is 38.3 Å². The van der Waals surface area contributed by atoms with Gasteiger partial charge in [-0.2, -0.15) is 13.2 Å². The summed E-state index contributed by atoms with van der Waals surface area (Å²) in [5.41, 5.74) is 1.89. The Morgan fingerprint density at radius 1 is 0.977 bits per heavy atom. The number of hydrogen-bond acceptors (Lipinski definition) is 6. The van der Waals surface area contributed by atoms with Gasteiger partial charge in [0.15, 0.2) is 0 Å². The van der Waals surface area contributed by atoms with E-state index in [1.807, 2.05) is 48.3 Å². The Morgan fingerprint density at radius 3 is 2.09 bits per heavy atom. The number of likely N-dealkylation sites (tertiary alicyclic amines) is 1. The summed E-state index contributed by atoms with van der Waals surface area (Å²) in [7, 11) is 1.56. The number of rotatable bonds is 6. The summed E-state index contributed by atoms with van der Waals surface area (Å²) < 4.78 is 67.0. The van der Waals surface area contributed by atoms with E-state index in [0.29, 0.717) is 22.3 Å². The molecule has 0 bridgehead atoms. The predicted octanol–water partition coefficient (Wildman–Crippen LogP) is 5.08. The number of fused-ring (bicyclic) bond motifs is 2. The first kappa shape index (κ1) is 32.8. The molecule has 0 aliphatic carbocycles. The molecular weight excluding hydrogens is 599 g/mol. The van der Waals surface area contributed by atoms with Gasteiger partial charge in [0.2, 0.25) is 5.91 Å². The second kappa shape index (κ2) is 12.9. The summed E-state index contributed by atoms with van der Waals surface area (Å²) in [6.07, 6.45) is -3.04. The van der Waals surface area contributed by atoms with Crippen molar-refractivity contribution in [3.63, 3.8) is 0 Å². The van der Waals surface area contributed by atoms with Gasteiger partial charge in [0.05, 0.1) is 23.9 Å². The normalized spacial score (nSPS) is 14.7. The number of methoxy groups -OCH3 is 1. The van der Waals surface area contributed by atoms with Gasteiger partial charge in [-0.1, -0.05) is 42.5 Å². The van der Waals surface area contributed by atoms with Crippen molar-refractivity contribution < 1.29 is 41.0 Å². The highest BCUT2D eigenvalue weighted by Gasteiger charge is 2.38. The summed E-state index contributed by atoms with van der Waals surface area (Å²) in [5, 5.41) is 9.24. The van der Waals surface area contributed by atoms with E-state index in [-0.39, 0.29) is 23.3 Å². The number of ether oxygens (including phenoxy) is 1. The van der Waals surface area contributed by atoms with Gasteiger partial charge >= 0.3 is 12.1 Å². The summed E-state index contributed by atoms with van der Waals surface area (Å²) in [5.74, 6) is -2.13. The zero-order chi connectivity index (χ0) is 32.4. The maximum Gasteiger partial charge on any atom is 0.490 e. The van der Waals surface area contributed by atoms with E-state index in [0.717, 1.165) is 42.3 Å². The Balaban J connectivity index is 0.000000566. The molecule has 1 amide bonds. The van der Waals surface area contributed by atoms with Crippen LogP contribution in [0, 0.1) is 6.92 Å². The highest BCUT2D eigenvalue weighted by molar-refractivity contribution is 7.90. The number of hydrogen-bond donors (Lipinski definition) is 1. The van der Waals surface area contributed by atoms with Crippen LogP contribution in [0.15, 0.2) is 65.6 Å². The summed E-state index contributed by atoms with van der Waals surface area (Å²) in [6, 6.07) is 18.3. The average molecular weight is 634 g/mol. The second-order valence-electron chi connectivity index (χ2n) is 10.7. The Labute approximate surface area is 253 Å². The Morgan fingerprint density at radius 2 is 1.52 bits per heavy atom. The minimum absolute atomic E-state index is 0.00727. The van der Waals surface area contributed by atoms with Crippen LogP contribution in [0.25, 0.3) is 21.7 Å². The molecule has 2 heterocycles. The minimum atomic E-state index is -5.08. The maximum atomic E-state index is 14.2. The fourth-order valence-corrected chi connectivity index (χ4v) is 7.33. The van der Waals surface area contributed by atoms with Crippen LogP contribution < -0.4 is 4.74 Å². The van der Waals surface area contributed by atoms with Gasteiger partial charge in [0.1, 0.15) is 5.75 Å². The monoisotopic (exact) mass is 633 g/mol. The number of carbonyl (C=O) groups excluding carboxylic acids is 1. The highest BCUT2D eigenvalue weighted by atomic mass is 32.2. The van der Waals surface area contributed by atoms with Crippen LogP contribution in [-0.2, 0) is 26.0 Å². The fraction of sp³-hybridized carbons (Fsp3) is 0.355. The molecular formula is C31H34F3N3O6S. The van der Waals surface area contributed by atoms with Gasteiger partial charge in [-0.3, -0.25) is 4.79 Å². The van der Waals surface area contributed by atoms with E-state index < -0.39 is 22.2 Å². The molecule has 9 nitrogen and oxygen atoms in total. The first-order valence-electron chi connectivity index (χ1n) is 13.8.